The minimum Gasteiger partial charge on any atom is -0.378 e. The molecule has 1 aliphatic rings. The standard InChI is InChI=1S/C27H24F3N7O2/c1-15(24-31-7-4-8-32-24)33-23-16-5-2-3-6-18(16)36-26(38)22(23)25-34-19-13-17(27(28,29)30)21(14-20(19)35-25)37-9-11-39-12-10-37/h2-8,13-15H,9-12H2,1H3,(H,34,35)(H2,33,36,38)/t15-/m0/s1. The molecule has 0 unspecified atom stereocenters. The zero-order chi connectivity index (χ0) is 27.1. The molecule has 1 atom stereocenters. The molecule has 3 N–H and O–H groups in total. The molecule has 9 nitrogen and oxygen atoms in total. The van der Waals surface area contributed by atoms with E-state index in [1.54, 1.807) is 35.5 Å². The van der Waals surface area contributed by atoms with E-state index in [4.69, 9.17) is 4.74 Å². The Morgan fingerprint density at radius 2 is 1.77 bits per heavy atom. The number of imidazole rings is 1. The number of benzene rings is 2. The molecule has 12 heteroatoms. The third kappa shape index (κ3) is 4.67. The molecule has 0 saturated carbocycles. The molecule has 0 aliphatic carbocycles. The molecule has 200 valence electrons. The van der Waals surface area contributed by atoms with Gasteiger partial charge in [-0.05, 0) is 31.2 Å². The number of alkyl halides is 3. The first-order valence-corrected chi connectivity index (χ1v) is 12.4. The van der Waals surface area contributed by atoms with Crippen LogP contribution in [0.2, 0.25) is 0 Å². The Hall–Kier alpha value is -4.45. The SMILES string of the molecule is C[C@H](Nc1c(-c2nc3cc(C(F)(F)F)c(N4CCOCC4)cc3[nH]2)c(=O)[nH]c2ccccc12)c1ncccn1. The summed E-state index contributed by atoms with van der Waals surface area (Å²) in [7, 11) is 0. The van der Waals surface area contributed by atoms with Crippen LogP contribution in [-0.4, -0.2) is 51.2 Å². The van der Waals surface area contributed by atoms with Gasteiger partial charge in [-0.25, -0.2) is 15.0 Å². The van der Waals surface area contributed by atoms with E-state index >= 15 is 0 Å². The van der Waals surface area contributed by atoms with Crippen LogP contribution >= 0.6 is 0 Å². The van der Waals surface area contributed by atoms with E-state index in [0.717, 1.165) is 6.07 Å². The van der Waals surface area contributed by atoms with Crippen LogP contribution in [0.5, 0.6) is 0 Å². The van der Waals surface area contributed by atoms with Crippen molar-refractivity contribution in [3.8, 4) is 11.4 Å². The summed E-state index contributed by atoms with van der Waals surface area (Å²) in [6, 6.07) is 11.1. The molecule has 0 radical (unpaired) electrons. The van der Waals surface area contributed by atoms with Gasteiger partial charge in [0.1, 0.15) is 17.2 Å². The highest BCUT2D eigenvalue weighted by atomic mass is 19.4. The summed E-state index contributed by atoms with van der Waals surface area (Å²) in [5.74, 6) is 0.662. The van der Waals surface area contributed by atoms with Gasteiger partial charge in [-0.3, -0.25) is 4.79 Å². The van der Waals surface area contributed by atoms with Gasteiger partial charge in [-0.15, -0.1) is 0 Å². The van der Waals surface area contributed by atoms with Crippen molar-refractivity contribution in [2.24, 2.45) is 0 Å². The zero-order valence-corrected chi connectivity index (χ0v) is 20.8. The van der Waals surface area contributed by atoms with Gasteiger partial charge >= 0.3 is 6.18 Å². The quantitative estimate of drug-likeness (QED) is 0.294. The number of hydrogen-bond donors (Lipinski definition) is 3. The van der Waals surface area contributed by atoms with Crippen LogP contribution in [0.1, 0.15) is 24.4 Å². The van der Waals surface area contributed by atoms with Crippen LogP contribution in [0.15, 0.2) is 59.7 Å². The smallest absolute Gasteiger partial charge is 0.378 e. The number of morpholine rings is 1. The fourth-order valence-electron chi connectivity index (χ4n) is 4.89. The van der Waals surface area contributed by atoms with E-state index < -0.39 is 17.3 Å². The van der Waals surface area contributed by atoms with Crippen molar-refractivity contribution in [2.75, 3.05) is 36.5 Å². The summed E-state index contributed by atoms with van der Waals surface area (Å²) in [6.07, 6.45) is -1.33. The van der Waals surface area contributed by atoms with E-state index in [-0.39, 0.29) is 28.6 Å². The number of fused-ring (bicyclic) bond motifs is 2. The lowest BCUT2D eigenvalue weighted by molar-refractivity contribution is -0.137. The summed E-state index contributed by atoms with van der Waals surface area (Å²) in [6.45, 7) is 3.22. The van der Waals surface area contributed by atoms with E-state index in [9.17, 15) is 18.0 Å². The molecule has 5 aromatic rings. The number of anilines is 2. The number of nitrogens with one attached hydrogen (secondary N) is 3. The second-order valence-corrected chi connectivity index (χ2v) is 9.29. The van der Waals surface area contributed by atoms with Gasteiger partial charge in [-0.1, -0.05) is 18.2 Å². The van der Waals surface area contributed by atoms with Crippen molar-refractivity contribution in [3.63, 3.8) is 0 Å². The summed E-state index contributed by atoms with van der Waals surface area (Å²) >= 11 is 0. The second-order valence-electron chi connectivity index (χ2n) is 9.29. The first kappa shape index (κ1) is 24.9. The van der Waals surface area contributed by atoms with E-state index in [2.05, 4.69) is 30.2 Å². The Labute approximate surface area is 220 Å². The highest BCUT2D eigenvalue weighted by Crippen LogP contribution is 2.40. The predicted octanol–water partition coefficient (Wildman–Crippen LogP) is 4.89. The van der Waals surface area contributed by atoms with Crippen molar-refractivity contribution >= 4 is 33.3 Å². The maximum absolute atomic E-state index is 14.1. The monoisotopic (exact) mass is 535 g/mol. The number of hydrogen-bond acceptors (Lipinski definition) is 7. The van der Waals surface area contributed by atoms with Crippen LogP contribution in [-0.2, 0) is 10.9 Å². The maximum atomic E-state index is 14.1. The lowest BCUT2D eigenvalue weighted by Gasteiger charge is -2.31. The van der Waals surface area contributed by atoms with Crippen molar-refractivity contribution in [2.45, 2.75) is 19.1 Å². The molecule has 0 bridgehead atoms. The van der Waals surface area contributed by atoms with E-state index in [1.807, 2.05) is 19.1 Å². The largest absolute Gasteiger partial charge is 0.418 e. The van der Waals surface area contributed by atoms with Crippen LogP contribution in [0.25, 0.3) is 33.3 Å². The number of aromatic nitrogens is 5. The Kier molecular flexibility index (Phi) is 6.18. The molecule has 3 aromatic heterocycles. The van der Waals surface area contributed by atoms with Crippen LogP contribution in [0, 0.1) is 0 Å². The molecule has 0 spiro atoms. The van der Waals surface area contributed by atoms with Crippen molar-refractivity contribution < 1.29 is 17.9 Å². The van der Waals surface area contributed by atoms with Gasteiger partial charge in [0.25, 0.3) is 5.56 Å². The second kappa shape index (κ2) is 9.70. The van der Waals surface area contributed by atoms with Crippen molar-refractivity contribution in [1.29, 1.82) is 0 Å². The molecule has 39 heavy (non-hydrogen) atoms. The number of H-pyrrole nitrogens is 2. The van der Waals surface area contributed by atoms with Gasteiger partial charge in [0.05, 0.1) is 52.7 Å². The Balaban J connectivity index is 1.53. The van der Waals surface area contributed by atoms with E-state index in [1.165, 1.54) is 6.07 Å². The number of para-hydroxylation sites is 1. The molecule has 0 amide bonds. The molecular weight excluding hydrogens is 511 g/mol. The van der Waals surface area contributed by atoms with Crippen LogP contribution in [0.4, 0.5) is 24.5 Å². The zero-order valence-electron chi connectivity index (χ0n) is 20.8. The third-order valence-electron chi connectivity index (χ3n) is 6.75. The Morgan fingerprint density at radius 3 is 2.51 bits per heavy atom. The topological polar surface area (TPSA) is 112 Å². The third-order valence-corrected chi connectivity index (χ3v) is 6.75. The van der Waals surface area contributed by atoms with Gasteiger partial charge in [0.2, 0.25) is 0 Å². The summed E-state index contributed by atoms with van der Waals surface area (Å²) in [4.78, 5) is 34.1. The number of pyridine rings is 1. The molecule has 6 rings (SSSR count). The minimum absolute atomic E-state index is 0.0501. The summed E-state index contributed by atoms with van der Waals surface area (Å²) < 4.78 is 47.6. The van der Waals surface area contributed by atoms with Crippen molar-refractivity contribution in [3.05, 3.63) is 76.6 Å². The van der Waals surface area contributed by atoms with Gasteiger partial charge < -0.3 is 24.9 Å². The van der Waals surface area contributed by atoms with Gasteiger partial charge in [-0.2, -0.15) is 13.2 Å². The van der Waals surface area contributed by atoms with Crippen LogP contribution in [0.3, 0.4) is 0 Å². The molecule has 1 aliphatic heterocycles. The number of halogens is 3. The normalized spacial score (nSPS) is 15.1. The van der Waals surface area contributed by atoms with Crippen LogP contribution < -0.4 is 15.8 Å². The highest BCUT2D eigenvalue weighted by Gasteiger charge is 2.36. The van der Waals surface area contributed by atoms with Gasteiger partial charge in [0, 0.05) is 30.9 Å². The first-order chi connectivity index (χ1) is 18.8. The fraction of sp³-hybridized carbons (Fsp3) is 0.259. The lowest BCUT2D eigenvalue weighted by Crippen LogP contribution is -2.37. The Bertz CT molecular complexity index is 1710. The average molecular weight is 536 g/mol. The minimum atomic E-state index is -4.58. The molecule has 1 fully saturated rings. The maximum Gasteiger partial charge on any atom is 0.418 e. The van der Waals surface area contributed by atoms with Gasteiger partial charge in [0.15, 0.2) is 0 Å². The number of ether oxygens (including phenoxy) is 1. The number of aromatic amines is 2. The lowest BCUT2D eigenvalue weighted by atomic mass is 10.1. The molecular formula is C27H24F3N7O2. The molecule has 2 aromatic carbocycles. The summed E-state index contributed by atoms with van der Waals surface area (Å²) in [5.41, 5.74) is 0.558. The van der Waals surface area contributed by atoms with Crippen molar-refractivity contribution in [1.82, 2.24) is 24.9 Å². The predicted molar refractivity (Wildman–Crippen MR) is 142 cm³/mol. The van der Waals surface area contributed by atoms with E-state index in [0.29, 0.717) is 54.2 Å². The molecule has 4 heterocycles. The summed E-state index contributed by atoms with van der Waals surface area (Å²) in [5, 5.41) is 4.05. The highest BCUT2D eigenvalue weighted by molar-refractivity contribution is 5.99. The average Bonchev–Trinajstić information content (AvgIpc) is 3.35. The Morgan fingerprint density at radius 1 is 1.03 bits per heavy atom. The number of rotatable bonds is 5. The first-order valence-electron chi connectivity index (χ1n) is 12.4. The fourth-order valence-corrected chi connectivity index (χ4v) is 4.89. The molecule has 1 saturated heterocycles. The number of nitrogens with zero attached hydrogens (tertiary/aromatic N) is 4.